The molecule has 1 heterocycles. The first-order valence-electron chi connectivity index (χ1n) is 5.41. The van der Waals surface area contributed by atoms with Crippen LogP contribution in [0.4, 0.5) is 5.69 Å². The van der Waals surface area contributed by atoms with Crippen LogP contribution in [-0.2, 0) is 0 Å². The summed E-state index contributed by atoms with van der Waals surface area (Å²) in [5.74, 6) is -0.530. The van der Waals surface area contributed by atoms with Crippen molar-refractivity contribution in [2.45, 2.75) is 18.6 Å². The minimum atomic E-state index is -0.704. The molecule has 0 aliphatic heterocycles. The molecular weight excluding hydrogens is 290 g/mol. The van der Waals surface area contributed by atoms with Crippen molar-refractivity contribution in [1.29, 1.82) is 0 Å². The zero-order chi connectivity index (χ0) is 14.6. The fraction of sp³-hybridized carbons (Fsp3) is 0.455. The predicted molar refractivity (Wildman–Crippen MR) is 75.8 cm³/mol. The van der Waals surface area contributed by atoms with Crippen LogP contribution >= 0.6 is 23.4 Å². The normalized spacial score (nSPS) is 11.2. The van der Waals surface area contributed by atoms with E-state index in [9.17, 15) is 14.9 Å². The highest BCUT2D eigenvalue weighted by atomic mass is 35.5. The molecule has 1 N–H and O–H groups in total. The summed E-state index contributed by atoms with van der Waals surface area (Å²) in [5.41, 5.74) is -0.550. The highest BCUT2D eigenvalue weighted by molar-refractivity contribution is 7.99. The van der Waals surface area contributed by atoms with Crippen LogP contribution in [-0.4, -0.2) is 33.4 Å². The lowest BCUT2D eigenvalue weighted by atomic mass is 10.2. The first kappa shape index (κ1) is 15.7. The Balaban J connectivity index is 2.95. The summed E-state index contributed by atoms with van der Waals surface area (Å²) in [6, 6.07) is 1.28. The summed E-state index contributed by atoms with van der Waals surface area (Å²) in [5, 5.41) is 13.3. The Kier molecular flexibility index (Phi) is 5.13. The zero-order valence-electron chi connectivity index (χ0n) is 10.8. The van der Waals surface area contributed by atoms with Crippen molar-refractivity contribution < 1.29 is 9.72 Å². The average molecular weight is 304 g/mol. The van der Waals surface area contributed by atoms with Crippen molar-refractivity contribution in [3.8, 4) is 0 Å². The molecule has 19 heavy (non-hydrogen) atoms. The van der Waals surface area contributed by atoms with Crippen molar-refractivity contribution in [3.05, 3.63) is 33.1 Å². The molecule has 0 atom stereocenters. The molecular formula is C11H14ClN3O3S. The molecule has 0 spiro atoms. The van der Waals surface area contributed by atoms with Gasteiger partial charge in [-0.05, 0) is 26.2 Å². The Morgan fingerprint density at radius 2 is 2.26 bits per heavy atom. The van der Waals surface area contributed by atoms with Crippen LogP contribution in [0.5, 0.6) is 0 Å². The maximum Gasteiger partial charge on any atom is 0.319 e. The van der Waals surface area contributed by atoms with E-state index in [0.717, 1.165) is 0 Å². The third-order valence-corrected chi connectivity index (χ3v) is 4.06. The van der Waals surface area contributed by atoms with E-state index in [1.54, 1.807) is 11.8 Å². The quantitative estimate of drug-likeness (QED) is 0.513. The van der Waals surface area contributed by atoms with Gasteiger partial charge in [0.25, 0.3) is 5.91 Å². The number of hydrogen-bond donors (Lipinski definition) is 1. The van der Waals surface area contributed by atoms with Gasteiger partial charge in [-0.1, -0.05) is 11.6 Å². The Morgan fingerprint density at radius 1 is 1.63 bits per heavy atom. The number of carbonyl (C=O) groups is 1. The second-order valence-electron chi connectivity index (χ2n) is 4.40. The van der Waals surface area contributed by atoms with Crippen LogP contribution in [0.15, 0.2) is 12.3 Å². The van der Waals surface area contributed by atoms with Gasteiger partial charge in [-0.25, -0.2) is 4.98 Å². The molecule has 0 aliphatic carbocycles. The second kappa shape index (κ2) is 6.21. The molecule has 0 bridgehead atoms. The SMILES string of the molecule is CSC(C)(C)CNC(=O)c1ccnc(Cl)c1[N+](=O)[O-]. The van der Waals surface area contributed by atoms with Gasteiger partial charge in [0.15, 0.2) is 0 Å². The number of hydrogen-bond acceptors (Lipinski definition) is 5. The van der Waals surface area contributed by atoms with E-state index >= 15 is 0 Å². The molecule has 0 radical (unpaired) electrons. The lowest BCUT2D eigenvalue weighted by molar-refractivity contribution is -0.385. The van der Waals surface area contributed by atoms with Crippen molar-refractivity contribution in [2.24, 2.45) is 0 Å². The maximum absolute atomic E-state index is 12.0. The highest BCUT2D eigenvalue weighted by Crippen LogP contribution is 2.26. The summed E-state index contributed by atoms with van der Waals surface area (Å²) in [4.78, 5) is 25.8. The van der Waals surface area contributed by atoms with E-state index < -0.39 is 16.5 Å². The summed E-state index contributed by atoms with van der Waals surface area (Å²) in [6.45, 7) is 4.32. The topological polar surface area (TPSA) is 85.1 Å². The minimum absolute atomic E-state index is 0.0816. The van der Waals surface area contributed by atoms with Crippen molar-refractivity contribution in [3.63, 3.8) is 0 Å². The van der Waals surface area contributed by atoms with Crippen molar-refractivity contribution in [2.75, 3.05) is 12.8 Å². The van der Waals surface area contributed by atoms with Gasteiger partial charge in [0.1, 0.15) is 5.56 Å². The lowest BCUT2D eigenvalue weighted by Gasteiger charge is -2.22. The first-order chi connectivity index (χ1) is 8.78. The predicted octanol–water partition coefficient (Wildman–Crippen LogP) is 2.51. The van der Waals surface area contributed by atoms with E-state index in [-0.39, 0.29) is 15.5 Å². The molecule has 6 nitrogen and oxygen atoms in total. The Labute approximate surface area is 120 Å². The van der Waals surface area contributed by atoms with Gasteiger partial charge in [0.05, 0.1) is 4.92 Å². The van der Waals surface area contributed by atoms with E-state index in [4.69, 9.17) is 11.6 Å². The smallest absolute Gasteiger partial charge is 0.319 e. The Bertz CT molecular complexity index is 508. The van der Waals surface area contributed by atoms with Crippen LogP contribution < -0.4 is 5.32 Å². The zero-order valence-corrected chi connectivity index (χ0v) is 12.3. The van der Waals surface area contributed by atoms with Crippen LogP contribution in [0.3, 0.4) is 0 Å². The molecule has 0 aromatic carbocycles. The van der Waals surface area contributed by atoms with Gasteiger partial charge in [-0.3, -0.25) is 14.9 Å². The largest absolute Gasteiger partial charge is 0.350 e. The molecule has 0 saturated carbocycles. The van der Waals surface area contributed by atoms with Gasteiger partial charge >= 0.3 is 5.69 Å². The second-order valence-corrected chi connectivity index (χ2v) is 6.27. The molecule has 8 heteroatoms. The number of nitrogens with one attached hydrogen (secondary N) is 1. The van der Waals surface area contributed by atoms with Crippen molar-refractivity contribution in [1.82, 2.24) is 10.3 Å². The molecule has 104 valence electrons. The molecule has 0 saturated heterocycles. The summed E-state index contributed by atoms with van der Waals surface area (Å²) < 4.78 is -0.152. The van der Waals surface area contributed by atoms with Crippen LogP contribution in [0.2, 0.25) is 5.15 Å². The van der Waals surface area contributed by atoms with Gasteiger partial charge in [-0.15, -0.1) is 0 Å². The van der Waals surface area contributed by atoms with E-state index in [2.05, 4.69) is 10.3 Å². The maximum atomic E-state index is 12.0. The van der Waals surface area contributed by atoms with E-state index in [0.29, 0.717) is 6.54 Å². The van der Waals surface area contributed by atoms with Crippen molar-refractivity contribution >= 4 is 35.0 Å². The van der Waals surface area contributed by atoms with Gasteiger partial charge < -0.3 is 5.32 Å². The van der Waals surface area contributed by atoms with E-state index in [1.807, 2.05) is 20.1 Å². The molecule has 1 aromatic heterocycles. The summed E-state index contributed by atoms with van der Waals surface area (Å²) >= 11 is 7.24. The summed E-state index contributed by atoms with van der Waals surface area (Å²) in [6.07, 6.45) is 3.20. The molecule has 1 rings (SSSR count). The number of nitro groups is 1. The number of thioether (sulfide) groups is 1. The van der Waals surface area contributed by atoms with E-state index in [1.165, 1.54) is 12.3 Å². The van der Waals surface area contributed by atoms with Crippen LogP contribution in [0, 0.1) is 10.1 Å². The number of carbonyl (C=O) groups excluding carboxylic acids is 1. The molecule has 0 unspecified atom stereocenters. The number of rotatable bonds is 5. The fourth-order valence-corrected chi connectivity index (χ4v) is 1.69. The monoisotopic (exact) mass is 303 g/mol. The first-order valence-corrected chi connectivity index (χ1v) is 7.01. The molecule has 0 aliphatic rings. The Morgan fingerprint density at radius 3 is 2.79 bits per heavy atom. The third kappa shape index (κ3) is 4.07. The fourth-order valence-electron chi connectivity index (χ4n) is 1.25. The van der Waals surface area contributed by atoms with Crippen LogP contribution in [0.25, 0.3) is 0 Å². The Hall–Kier alpha value is -1.34. The summed E-state index contributed by atoms with van der Waals surface area (Å²) in [7, 11) is 0. The average Bonchev–Trinajstić information content (AvgIpc) is 2.35. The number of nitrogens with zero attached hydrogens (tertiary/aromatic N) is 2. The van der Waals surface area contributed by atoms with Gasteiger partial charge in [0, 0.05) is 17.5 Å². The molecule has 0 fully saturated rings. The number of pyridine rings is 1. The standard InChI is InChI=1S/C11H14ClN3O3S/c1-11(2,19-3)6-14-10(16)7-4-5-13-9(12)8(7)15(17)18/h4-5H,6H2,1-3H3,(H,14,16). The molecule has 1 amide bonds. The number of amides is 1. The minimum Gasteiger partial charge on any atom is -0.350 e. The number of halogens is 1. The number of aromatic nitrogens is 1. The van der Waals surface area contributed by atoms with Gasteiger partial charge in [0.2, 0.25) is 5.15 Å². The molecule has 1 aromatic rings. The van der Waals surface area contributed by atoms with Crippen LogP contribution in [0.1, 0.15) is 24.2 Å². The van der Waals surface area contributed by atoms with Gasteiger partial charge in [-0.2, -0.15) is 11.8 Å². The highest BCUT2D eigenvalue weighted by Gasteiger charge is 2.26. The lowest BCUT2D eigenvalue weighted by Crippen LogP contribution is -2.36. The third-order valence-electron chi connectivity index (χ3n) is 2.53.